The quantitative estimate of drug-likeness (QED) is 0.767. The highest BCUT2D eigenvalue weighted by atomic mass is 35.5. The van der Waals surface area contributed by atoms with E-state index < -0.39 is 10.0 Å². The Bertz CT molecular complexity index is 913. The van der Waals surface area contributed by atoms with Crippen LogP contribution in [-0.4, -0.2) is 36.9 Å². The Kier molecular flexibility index (Phi) is 6.42. The van der Waals surface area contributed by atoms with Crippen molar-refractivity contribution in [1.29, 1.82) is 0 Å². The number of amides is 1. The Morgan fingerprint density at radius 1 is 1.25 bits per heavy atom. The minimum Gasteiger partial charge on any atom is -0.360 e. The molecule has 152 valence electrons. The average Bonchev–Trinajstić information content (AvgIpc) is 3.01. The molecule has 1 aromatic heterocycles. The lowest BCUT2D eigenvalue weighted by molar-refractivity contribution is -0.122. The first-order valence-electron chi connectivity index (χ1n) is 9.21. The van der Waals surface area contributed by atoms with E-state index in [9.17, 15) is 13.2 Å². The molecule has 0 spiro atoms. The zero-order chi connectivity index (χ0) is 20.3. The summed E-state index contributed by atoms with van der Waals surface area (Å²) in [6.45, 7) is 4.46. The number of rotatable bonds is 6. The third-order valence-corrected chi connectivity index (χ3v) is 7.41. The molecule has 2 aromatic rings. The predicted molar refractivity (Wildman–Crippen MR) is 105 cm³/mol. The summed E-state index contributed by atoms with van der Waals surface area (Å²) in [6, 6.07) is 7.33. The van der Waals surface area contributed by atoms with Gasteiger partial charge in [-0.15, -0.1) is 0 Å². The summed E-state index contributed by atoms with van der Waals surface area (Å²) in [4.78, 5) is 12.4. The molecule has 28 heavy (non-hydrogen) atoms. The second-order valence-corrected chi connectivity index (χ2v) is 9.42. The van der Waals surface area contributed by atoms with E-state index in [1.807, 2.05) is 12.1 Å². The number of carbonyl (C=O) groups is 1. The molecule has 0 atom stereocenters. The number of aromatic nitrogens is 1. The van der Waals surface area contributed by atoms with Crippen molar-refractivity contribution in [3.05, 3.63) is 46.3 Å². The Labute approximate surface area is 170 Å². The molecule has 2 heterocycles. The van der Waals surface area contributed by atoms with E-state index in [2.05, 4.69) is 10.5 Å². The van der Waals surface area contributed by atoms with E-state index in [4.69, 9.17) is 16.1 Å². The van der Waals surface area contributed by atoms with Crippen molar-refractivity contribution in [2.45, 2.75) is 44.6 Å². The predicted octanol–water partition coefficient (Wildman–Crippen LogP) is 3.05. The van der Waals surface area contributed by atoms with E-state index >= 15 is 0 Å². The molecule has 1 fully saturated rings. The third-order valence-electron chi connectivity index (χ3n) is 5.02. The highest BCUT2D eigenvalue weighted by Gasteiger charge is 2.34. The molecule has 0 unspecified atom stereocenters. The van der Waals surface area contributed by atoms with E-state index in [-0.39, 0.29) is 16.7 Å². The van der Waals surface area contributed by atoms with Gasteiger partial charge in [0.1, 0.15) is 10.6 Å². The van der Waals surface area contributed by atoms with Gasteiger partial charge in [-0.3, -0.25) is 4.79 Å². The first-order chi connectivity index (χ1) is 13.3. The lowest BCUT2D eigenvalue weighted by Gasteiger charge is -2.30. The summed E-state index contributed by atoms with van der Waals surface area (Å²) < 4.78 is 32.1. The molecule has 1 aromatic carbocycles. The van der Waals surface area contributed by atoms with Gasteiger partial charge in [0.05, 0.1) is 0 Å². The van der Waals surface area contributed by atoms with Gasteiger partial charge in [-0.2, -0.15) is 4.31 Å². The topological polar surface area (TPSA) is 92.5 Å². The Hall–Kier alpha value is -1.90. The van der Waals surface area contributed by atoms with Crippen LogP contribution in [0.3, 0.4) is 0 Å². The molecule has 0 radical (unpaired) electrons. The maximum absolute atomic E-state index is 12.8. The fourth-order valence-electron chi connectivity index (χ4n) is 3.46. The van der Waals surface area contributed by atoms with Crippen LogP contribution in [0, 0.1) is 19.8 Å². The van der Waals surface area contributed by atoms with Crippen molar-refractivity contribution in [2.75, 3.05) is 13.1 Å². The van der Waals surface area contributed by atoms with Gasteiger partial charge in [-0.1, -0.05) is 28.9 Å². The van der Waals surface area contributed by atoms with Gasteiger partial charge in [-0.05, 0) is 50.3 Å². The van der Waals surface area contributed by atoms with Crippen molar-refractivity contribution in [1.82, 2.24) is 14.8 Å². The highest BCUT2D eigenvalue weighted by molar-refractivity contribution is 7.89. The van der Waals surface area contributed by atoms with Crippen LogP contribution in [0.4, 0.5) is 0 Å². The average molecular weight is 426 g/mol. The van der Waals surface area contributed by atoms with E-state index in [1.165, 1.54) is 4.31 Å². The molecule has 0 aliphatic carbocycles. The summed E-state index contributed by atoms with van der Waals surface area (Å²) >= 11 is 5.85. The second-order valence-electron chi connectivity index (χ2n) is 7.11. The molecule has 0 saturated carbocycles. The molecule has 1 N–H and O–H groups in total. The van der Waals surface area contributed by atoms with Crippen LogP contribution in [0.15, 0.2) is 33.7 Å². The number of hydrogen-bond acceptors (Lipinski definition) is 5. The minimum absolute atomic E-state index is 0.0259. The summed E-state index contributed by atoms with van der Waals surface area (Å²) in [7, 11) is -3.62. The van der Waals surface area contributed by atoms with Gasteiger partial charge in [-0.25, -0.2) is 8.42 Å². The second kappa shape index (κ2) is 8.63. The van der Waals surface area contributed by atoms with Crippen molar-refractivity contribution in [3.8, 4) is 0 Å². The largest absolute Gasteiger partial charge is 0.360 e. The zero-order valence-corrected chi connectivity index (χ0v) is 17.5. The van der Waals surface area contributed by atoms with Crippen LogP contribution < -0.4 is 5.32 Å². The molecule has 7 nitrogen and oxygen atoms in total. The highest BCUT2D eigenvalue weighted by Crippen LogP contribution is 2.28. The molecule has 0 bridgehead atoms. The SMILES string of the molecule is Cc1noc(C)c1S(=O)(=O)N1CCC(CC(=O)NCc2ccc(Cl)cc2)CC1. The lowest BCUT2D eigenvalue weighted by Crippen LogP contribution is -2.39. The van der Waals surface area contributed by atoms with Crippen LogP contribution in [0.25, 0.3) is 0 Å². The minimum atomic E-state index is -3.62. The molecule has 1 saturated heterocycles. The standard InChI is InChI=1S/C19H24ClN3O4S/c1-13-19(14(2)27-22-13)28(25,26)23-9-7-15(8-10-23)11-18(24)21-12-16-3-5-17(20)6-4-16/h3-6,15H,7-12H2,1-2H3,(H,21,24). The summed E-state index contributed by atoms with van der Waals surface area (Å²) in [5, 5.41) is 7.31. The van der Waals surface area contributed by atoms with Crippen LogP contribution in [-0.2, 0) is 21.4 Å². The fourth-order valence-corrected chi connectivity index (χ4v) is 5.35. The molecule has 1 amide bonds. The van der Waals surface area contributed by atoms with E-state index in [1.54, 1.807) is 26.0 Å². The van der Waals surface area contributed by atoms with Crippen molar-refractivity contribution in [3.63, 3.8) is 0 Å². The van der Waals surface area contributed by atoms with Crippen LogP contribution in [0.1, 0.15) is 36.3 Å². The number of benzene rings is 1. The van der Waals surface area contributed by atoms with Gasteiger partial charge in [0.15, 0.2) is 5.76 Å². The fraction of sp³-hybridized carbons (Fsp3) is 0.474. The van der Waals surface area contributed by atoms with Crippen LogP contribution in [0.2, 0.25) is 5.02 Å². The molecule has 3 rings (SSSR count). The number of hydrogen-bond donors (Lipinski definition) is 1. The summed E-state index contributed by atoms with van der Waals surface area (Å²) in [5.74, 6) is 0.449. The molecular formula is C19H24ClN3O4S. The molecular weight excluding hydrogens is 402 g/mol. The number of nitrogens with one attached hydrogen (secondary N) is 1. The van der Waals surface area contributed by atoms with Gasteiger partial charge in [0, 0.05) is 31.1 Å². The summed E-state index contributed by atoms with van der Waals surface area (Å²) in [6.07, 6.45) is 1.70. The monoisotopic (exact) mass is 425 g/mol. The van der Waals surface area contributed by atoms with Crippen molar-refractivity contribution < 1.29 is 17.7 Å². The van der Waals surface area contributed by atoms with Gasteiger partial charge in [0.25, 0.3) is 0 Å². The number of piperidine rings is 1. The van der Waals surface area contributed by atoms with Crippen molar-refractivity contribution in [2.24, 2.45) is 5.92 Å². The molecule has 1 aliphatic rings. The van der Waals surface area contributed by atoms with Gasteiger partial charge < -0.3 is 9.84 Å². The van der Waals surface area contributed by atoms with Crippen molar-refractivity contribution >= 4 is 27.5 Å². The number of aryl methyl sites for hydroxylation is 2. The van der Waals surface area contributed by atoms with Gasteiger partial charge in [0.2, 0.25) is 15.9 Å². The Morgan fingerprint density at radius 3 is 2.46 bits per heavy atom. The van der Waals surface area contributed by atoms with Crippen LogP contribution >= 0.6 is 11.6 Å². The number of nitrogens with zero attached hydrogens (tertiary/aromatic N) is 2. The first-order valence-corrected chi connectivity index (χ1v) is 11.0. The number of sulfonamides is 1. The maximum Gasteiger partial charge on any atom is 0.248 e. The van der Waals surface area contributed by atoms with E-state index in [0.29, 0.717) is 55.4 Å². The first kappa shape index (κ1) is 20.8. The third kappa shape index (κ3) is 4.74. The zero-order valence-electron chi connectivity index (χ0n) is 15.9. The maximum atomic E-state index is 12.8. The van der Waals surface area contributed by atoms with E-state index in [0.717, 1.165) is 5.56 Å². The molecule has 9 heteroatoms. The molecule has 1 aliphatic heterocycles. The van der Waals surface area contributed by atoms with Gasteiger partial charge >= 0.3 is 0 Å². The lowest BCUT2D eigenvalue weighted by atomic mass is 9.94. The summed E-state index contributed by atoms with van der Waals surface area (Å²) in [5.41, 5.74) is 1.36. The van der Waals surface area contributed by atoms with Crippen LogP contribution in [0.5, 0.6) is 0 Å². The Morgan fingerprint density at radius 2 is 1.89 bits per heavy atom. The number of carbonyl (C=O) groups excluding carboxylic acids is 1. The normalized spacial score (nSPS) is 16.2. The Balaban J connectivity index is 1.50. The smallest absolute Gasteiger partial charge is 0.248 e. The number of halogens is 1.